The van der Waals surface area contributed by atoms with Crippen molar-refractivity contribution in [1.29, 1.82) is 0 Å². The predicted octanol–water partition coefficient (Wildman–Crippen LogP) is 0.439. The van der Waals surface area contributed by atoms with E-state index < -0.39 is 0 Å². The molecule has 0 bridgehead atoms. The normalized spacial score (nSPS) is 32.5. The lowest BCUT2D eigenvalue weighted by atomic mass is 9.91. The van der Waals surface area contributed by atoms with Gasteiger partial charge in [-0.05, 0) is 18.4 Å². The van der Waals surface area contributed by atoms with Gasteiger partial charge in [-0.25, -0.2) is 0 Å². The summed E-state index contributed by atoms with van der Waals surface area (Å²) in [5.74, 6) is -0.177. The van der Waals surface area contributed by atoms with Crippen LogP contribution in [0.15, 0.2) is 5.11 Å². The van der Waals surface area contributed by atoms with Crippen LogP contribution < -0.4 is 0 Å². The van der Waals surface area contributed by atoms with Crippen LogP contribution in [-0.2, 0) is 9.53 Å². The molecule has 1 amide bonds. The fourth-order valence-electron chi connectivity index (χ4n) is 2.54. The van der Waals surface area contributed by atoms with Gasteiger partial charge in [0, 0.05) is 31.0 Å². The maximum Gasteiger partial charge on any atom is 0.228 e. The van der Waals surface area contributed by atoms with Gasteiger partial charge in [0.2, 0.25) is 5.91 Å². The van der Waals surface area contributed by atoms with Crippen LogP contribution in [-0.4, -0.2) is 53.9 Å². The summed E-state index contributed by atoms with van der Waals surface area (Å²) >= 11 is 0. The van der Waals surface area contributed by atoms with E-state index in [1.54, 1.807) is 4.90 Å². The summed E-state index contributed by atoms with van der Waals surface area (Å²) in [7, 11) is 0. The molecule has 0 aromatic carbocycles. The van der Waals surface area contributed by atoms with E-state index in [1.165, 1.54) is 0 Å². The standard InChI is InChI=1S/C10H16N4O3/c11-13-12-6-9(16)14-3-2-10(7-14)5-8(15)1-4-17-10/h8,15H,1-7H2/t8-,10-/m0/s1. The first-order valence-corrected chi connectivity index (χ1v) is 5.76. The summed E-state index contributed by atoms with van der Waals surface area (Å²) in [6, 6.07) is 0. The summed E-state index contributed by atoms with van der Waals surface area (Å²) in [5, 5.41) is 12.9. The van der Waals surface area contributed by atoms with Crippen LogP contribution in [0.1, 0.15) is 19.3 Å². The van der Waals surface area contributed by atoms with Crippen LogP contribution >= 0.6 is 0 Å². The number of nitrogens with zero attached hydrogens (tertiary/aromatic N) is 4. The van der Waals surface area contributed by atoms with E-state index in [1.807, 2.05) is 0 Å². The molecule has 2 rings (SSSR count). The molecule has 7 nitrogen and oxygen atoms in total. The molecule has 1 N–H and O–H groups in total. The molecule has 0 aromatic heterocycles. The lowest BCUT2D eigenvalue weighted by Gasteiger charge is -2.36. The van der Waals surface area contributed by atoms with Crippen molar-refractivity contribution in [2.24, 2.45) is 5.11 Å². The molecular weight excluding hydrogens is 224 g/mol. The average molecular weight is 240 g/mol. The highest BCUT2D eigenvalue weighted by Gasteiger charge is 2.44. The molecule has 2 fully saturated rings. The Bertz CT molecular complexity index is 355. The van der Waals surface area contributed by atoms with Crippen LogP contribution in [0.25, 0.3) is 10.4 Å². The van der Waals surface area contributed by atoms with Gasteiger partial charge in [-0.2, -0.15) is 0 Å². The Hall–Kier alpha value is -1.30. The minimum atomic E-state index is -0.385. The van der Waals surface area contributed by atoms with Crippen LogP contribution in [0.2, 0.25) is 0 Å². The van der Waals surface area contributed by atoms with Gasteiger partial charge in [0.05, 0.1) is 11.7 Å². The topological polar surface area (TPSA) is 98.5 Å². The molecule has 2 aliphatic rings. The second-order valence-electron chi connectivity index (χ2n) is 4.63. The number of amides is 1. The monoisotopic (exact) mass is 240 g/mol. The van der Waals surface area contributed by atoms with Crippen molar-refractivity contribution >= 4 is 5.91 Å². The van der Waals surface area contributed by atoms with Crippen molar-refractivity contribution in [2.75, 3.05) is 26.2 Å². The van der Waals surface area contributed by atoms with Gasteiger partial charge >= 0.3 is 0 Å². The van der Waals surface area contributed by atoms with Gasteiger partial charge in [0.1, 0.15) is 6.54 Å². The number of aliphatic hydroxyl groups excluding tert-OH is 1. The maximum absolute atomic E-state index is 11.7. The van der Waals surface area contributed by atoms with Crippen molar-refractivity contribution in [1.82, 2.24) is 4.90 Å². The first-order chi connectivity index (χ1) is 8.15. The number of ether oxygens (including phenoxy) is 1. The van der Waals surface area contributed by atoms with Gasteiger partial charge in [-0.3, -0.25) is 4.79 Å². The number of carbonyl (C=O) groups excluding carboxylic acids is 1. The minimum absolute atomic E-state index is 0.144. The number of azide groups is 1. The number of aliphatic hydroxyl groups is 1. The van der Waals surface area contributed by atoms with Gasteiger partial charge in [0.25, 0.3) is 0 Å². The zero-order valence-corrected chi connectivity index (χ0v) is 9.58. The highest BCUT2D eigenvalue weighted by Crippen LogP contribution is 2.34. The van der Waals surface area contributed by atoms with E-state index in [0.29, 0.717) is 32.5 Å². The van der Waals surface area contributed by atoms with E-state index in [9.17, 15) is 9.90 Å². The van der Waals surface area contributed by atoms with Crippen LogP contribution in [0.3, 0.4) is 0 Å². The molecule has 0 aliphatic carbocycles. The highest BCUT2D eigenvalue weighted by molar-refractivity contribution is 5.78. The second kappa shape index (κ2) is 4.91. The Morgan fingerprint density at radius 1 is 1.71 bits per heavy atom. The minimum Gasteiger partial charge on any atom is -0.393 e. The molecule has 2 saturated heterocycles. The van der Waals surface area contributed by atoms with Gasteiger partial charge in [-0.1, -0.05) is 5.11 Å². The largest absolute Gasteiger partial charge is 0.393 e. The van der Waals surface area contributed by atoms with Crippen molar-refractivity contribution in [3.8, 4) is 0 Å². The molecular formula is C10H16N4O3. The van der Waals surface area contributed by atoms with Gasteiger partial charge in [0.15, 0.2) is 0 Å². The first-order valence-electron chi connectivity index (χ1n) is 5.76. The molecule has 17 heavy (non-hydrogen) atoms. The number of hydrogen-bond acceptors (Lipinski definition) is 4. The van der Waals surface area contributed by atoms with E-state index in [0.717, 1.165) is 6.42 Å². The number of rotatable bonds is 2. The number of carbonyl (C=O) groups is 1. The summed E-state index contributed by atoms with van der Waals surface area (Å²) in [6.45, 7) is 1.49. The lowest BCUT2D eigenvalue weighted by molar-refractivity contribution is -0.134. The number of likely N-dealkylation sites (tertiary alicyclic amines) is 1. The Balaban J connectivity index is 1.94. The van der Waals surface area contributed by atoms with Crippen molar-refractivity contribution in [2.45, 2.75) is 31.0 Å². The van der Waals surface area contributed by atoms with Gasteiger partial charge < -0.3 is 14.7 Å². The molecule has 1 spiro atoms. The molecule has 0 unspecified atom stereocenters. The van der Waals surface area contributed by atoms with Crippen LogP contribution in [0, 0.1) is 0 Å². The highest BCUT2D eigenvalue weighted by atomic mass is 16.5. The fourth-order valence-corrected chi connectivity index (χ4v) is 2.54. The third-order valence-electron chi connectivity index (χ3n) is 3.41. The summed E-state index contributed by atoms with van der Waals surface area (Å²) < 4.78 is 5.72. The van der Waals surface area contributed by atoms with Crippen LogP contribution in [0.4, 0.5) is 0 Å². The van der Waals surface area contributed by atoms with E-state index >= 15 is 0 Å². The molecule has 2 aliphatic heterocycles. The Morgan fingerprint density at radius 3 is 3.24 bits per heavy atom. The molecule has 0 saturated carbocycles. The zero-order chi connectivity index (χ0) is 12.3. The Labute approximate surface area is 99.0 Å². The summed E-state index contributed by atoms with van der Waals surface area (Å²) in [5.41, 5.74) is 7.78. The third-order valence-corrected chi connectivity index (χ3v) is 3.41. The Kier molecular flexibility index (Phi) is 3.51. The van der Waals surface area contributed by atoms with E-state index in [4.69, 9.17) is 10.3 Å². The molecule has 0 radical (unpaired) electrons. The zero-order valence-electron chi connectivity index (χ0n) is 9.58. The lowest BCUT2D eigenvalue weighted by Crippen LogP contribution is -2.45. The molecule has 7 heteroatoms. The maximum atomic E-state index is 11.7. The van der Waals surface area contributed by atoms with Crippen LogP contribution in [0.5, 0.6) is 0 Å². The van der Waals surface area contributed by atoms with E-state index in [2.05, 4.69) is 10.0 Å². The van der Waals surface area contributed by atoms with Crippen molar-refractivity contribution in [3.63, 3.8) is 0 Å². The second-order valence-corrected chi connectivity index (χ2v) is 4.63. The van der Waals surface area contributed by atoms with Crippen molar-refractivity contribution < 1.29 is 14.6 Å². The smallest absolute Gasteiger partial charge is 0.228 e. The quantitative estimate of drug-likeness (QED) is 0.430. The molecule has 0 aromatic rings. The molecule has 94 valence electrons. The van der Waals surface area contributed by atoms with Crippen molar-refractivity contribution in [3.05, 3.63) is 10.4 Å². The third kappa shape index (κ3) is 2.69. The SMILES string of the molecule is [N-]=[N+]=NCC(=O)N1CC[C@]2(C[C@@H](O)CCO2)C1. The van der Waals surface area contributed by atoms with E-state index in [-0.39, 0.29) is 24.2 Å². The summed E-state index contributed by atoms with van der Waals surface area (Å²) in [6.07, 6.45) is 1.65. The Morgan fingerprint density at radius 2 is 2.53 bits per heavy atom. The van der Waals surface area contributed by atoms with Gasteiger partial charge in [-0.15, -0.1) is 0 Å². The predicted molar refractivity (Wildman–Crippen MR) is 59.1 cm³/mol. The fraction of sp³-hybridized carbons (Fsp3) is 0.900. The average Bonchev–Trinajstić information content (AvgIpc) is 2.69. The first kappa shape index (κ1) is 12.2. The molecule has 2 heterocycles. The summed E-state index contributed by atoms with van der Waals surface area (Å²) in [4.78, 5) is 15.9. The number of hydrogen-bond donors (Lipinski definition) is 1. The molecule has 2 atom stereocenters.